The molecule has 9 aliphatic carbocycles. The van der Waals surface area contributed by atoms with Crippen molar-refractivity contribution in [3.05, 3.63) is 24.3 Å². The summed E-state index contributed by atoms with van der Waals surface area (Å²) in [6.07, 6.45) is 59.3. The predicted octanol–water partition coefficient (Wildman–Crippen LogP) is 12.6. The minimum absolute atomic E-state index is 0.555. The zero-order valence-electron chi connectivity index (χ0n) is 38.4. The molecule has 4 heteroatoms. The second kappa shape index (κ2) is 17.9. The van der Waals surface area contributed by atoms with Crippen molar-refractivity contribution >= 4 is 0 Å². The van der Waals surface area contributed by atoms with Gasteiger partial charge < -0.3 is 0 Å². The van der Waals surface area contributed by atoms with E-state index in [0.717, 1.165) is 101 Å². The average molecular weight is 819 g/mol. The molecule has 0 spiro atoms. The standard InChI is InChI=1S/C56H90N4/c1-3-13-39(14-4-1)55-47-19-7-10-20-50(47)57-56(58-55)40-27-31-44(32-28-40)60-52-22-12-9-18-46(52)49-36-42(30-34-54(49)60)38-25-23-37(24-26-38)41-29-33-53-48(35-41)45-17-8-11-21-51(45)59(53)43-15-5-2-6-16-43/h7,19,29,33,37-58H,1-6,8-18,20-28,30-32,34-36H2. The lowest BCUT2D eigenvalue weighted by Crippen LogP contribution is -2.67. The third-order valence-corrected chi connectivity index (χ3v) is 22.1. The van der Waals surface area contributed by atoms with Gasteiger partial charge in [0.1, 0.15) is 0 Å². The molecule has 0 amide bonds. The SMILES string of the molecule is C1=CC2C(CC1)NC(C1CCC(N3C4CCCCC4C4CC(C5CCC(C6C=CC7C(C6)C6CCCCC6N7C6CCCCC6)CC5)CCC43)CC1)NC2C1CCCCC1. The van der Waals surface area contributed by atoms with E-state index < -0.39 is 0 Å². The molecule has 0 bridgehead atoms. The molecule has 0 aromatic heterocycles. The Labute approximate surface area is 368 Å². The van der Waals surface area contributed by atoms with Crippen LogP contribution in [0.25, 0.3) is 0 Å². The minimum Gasteiger partial charge on any atom is -0.298 e. The molecule has 3 saturated heterocycles. The van der Waals surface area contributed by atoms with E-state index in [-0.39, 0.29) is 0 Å². The highest BCUT2D eigenvalue weighted by molar-refractivity contribution is 5.17. The third-order valence-electron chi connectivity index (χ3n) is 22.1. The molecule has 3 aliphatic heterocycles. The van der Waals surface area contributed by atoms with Gasteiger partial charge in [-0.15, -0.1) is 0 Å². The molecular formula is C56H90N4. The summed E-state index contributed by atoms with van der Waals surface area (Å²) in [5.41, 5.74) is 0. The largest absolute Gasteiger partial charge is 0.298 e. The Morgan fingerprint density at radius 2 is 1.00 bits per heavy atom. The van der Waals surface area contributed by atoms with Crippen LogP contribution in [0.3, 0.4) is 0 Å². The third kappa shape index (κ3) is 7.63. The number of allylic oxidation sites excluding steroid dienone is 2. The maximum Gasteiger partial charge on any atom is 0.0605 e. The van der Waals surface area contributed by atoms with Gasteiger partial charge in [-0.05, 0) is 200 Å². The molecule has 4 nitrogen and oxygen atoms in total. The van der Waals surface area contributed by atoms with Crippen molar-refractivity contribution in [1.29, 1.82) is 0 Å². The molecule has 10 fully saturated rings. The molecule has 334 valence electrons. The second-order valence-corrected chi connectivity index (χ2v) is 24.6. The van der Waals surface area contributed by atoms with Crippen LogP contribution in [-0.4, -0.2) is 64.3 Å². The molecule has 60 heavy (non-hydrogen) atoms. The second-order valence-electron chi connectivity index (χ2n) is 24.6. The maximum absolute atomic E-state index is 4.37. The molecule has 12 rings (SSSR count). The van der Waals surface area contributed by atoms with Crippen molar-refractivity contribution < 1.29 is 0 Å². The highest BCUT2D eigenvalue weighted by atomic mass is 15.3. The Bertz CT molecular complexity index is 1480. The van der Waals surface area contributed by atoms with Gasteiger partial charge in [0.2, 0.25) is 0 Å². The number of rotatable bonds is 6. The Morgan fingerprint density at radius 3 is 1.78 bits per heavy atom. The van der Waals surface area contributed by atoms with Gasteiger partial charge in [0.15, 0.2) is 0 Å². The van der Waals surface area contributed by atoms with Crippen molar-refractivity contribution in [1.82, 2.24) is 20.4 Å². The van der Waals surface area contributed by atoms with Crippen molar-refractivity contribution in [2.45, 2.75) is 260 Å². The highest BCUT2D eigenvalue weighted by Gasteiger charge is 2.56. The van der Waals surface area contributed by atoms with Crippen LogP contribution >= 0.6 is 0 Å². The zero-order valence-corrected chi connectivity index (χ0v) is 38.4. The molecule has 3 heterocycles. The van der Waals surface area contributed by atoms with E-state index in [9.17, 15) is 0 Å². The lowest BCUT2D eigenvalue weighted by Gasteiger charge is -2.51. The number of hydrogen-bond donors (Lipinski definition) is 2. The molecular weight excluding hydrogens is 729 g/mol. The predicted molar refractivity (Wildman–Crippen MR) is 248 cm³/mol. The molecule has 14 unspecified atom stereocenters. The summed E-state index contributed by atoms with van der Waals surface area (Å²) in [5, 5.41) is 8.65. The van der Waals surface area contributed by atoms with E-state index in [1.54, 1.807) is 64.2 Å². The first kappa shape index (κ1) is 40.8. The van der Waals surface area contributed by atoms with Crippen LogP contribution in [0.5, 0.6) is 0 Å². The number of nitrogens with zero attached hydrogens (tertiary/aromatic N) is 2. The number of hydrogen-bond acceptors (Lipinski definition) is 4. The maximum atomic E-state index is 4.37. The number of fused-ring (bicyclic) bond motifs is 7. The van der Waals surface area contributed by atoms with Gasteiger partial charge in [-0.3, -0.25) is 20.4 Å². The molecule has 7 saturated carbocycles. The highest BCUT2D eigenvalue weighted by Crippen LogP contribution is 2.57. The smallest absolute Gasteiger partial charge is 0.0605 e. The molecule has 0 aromatic rings. The van der Waals surface area contributed by atoms with Crippen LogP contribution in [0.1, 0.15) is 205 Å². The van der Waals surface area contributed by atoms with Gasteiger partial charge in [-0.1, -0.05) is 88.5 Å². The van der Waals surface area contributed by atoms with Crippen LogP contribution < -0.4 is 10.6 Å². The Balaban J connectivity index is 0.662. The Hall–Kier alpha value is -0.680. The summed E-state index contributed by atoms with van der Waals surface area (Å²) < 4.78 is 0. The van der Waals surface area contributed by atoms with Gasteiger partial charge in [-0.2, -0.15) is 0 Å². The van der Waals surface area contributed by atoms with Gasteiger partial charge >= 0.3 is 0 Å². The summed E-state index contributed by atoms with van der Waals surface area (Å²) in [5.74, 6) is 10.4. The fourth-order valence-corrected chi connectivity index (χ4v) is 19.4. The van der Waals surface area contributed by atoms with Crippen LogP contribution in [0.2, 0.25) is 0 Å². The molecule has 0 aromatic carbocycles. The van der Waals surface area contributed by atoms with Crippen molar-refractivity contribution in [3.8, 4) is 0 Å². The van der Waals surface area contributed by atoms with Gasteiger partial charge in [0.05, 0.1) is 6.17 Å². The normalized spacial score (nSPS) is 50.7. The van der Waals surface area contributed by atoms with E-state index in [2.05, 4.69) is 44.7 Å². The van der Waals surface area contributed by atoms with Gasteiger partial charge in [0, 0.05) is 54.3 Å². The van der Waals surface area contributed by atoms with Gasteiger partial charge in [0.25, 0.3) is 0 Å². The topological polar surface area (TPSA) is 30.5 Å². The summed E-state index contributed by atoms with van der Waals surface area (Å²) in [7, 11) is 0. The van der Waals surface area contributed by atoms with E-state index in [1.165, 1.54) is 141 Å². The monoisotopic (exact) mass is 819 g/mol. The molecule has 0 radical (unpaired) electrons. The molecule has 14 atom stereocenters. The first-order valence-corrected chi connectivity index (χ1v) is 28.2. The van der Waals surface area contributed by atoms with Crippen LogP contribution in [0, 0.1) is 65.1 Å². The zero-order chi connectivity index (χ0) is 39.6. The summed E-state index contributed by atoms with van der Waals surface area (Å²) in [6.45, 7) is 0. The molecule has 12 aliphatic rings. The quantitative estimate of drug-likeness (QED) is 0.261. The van der Waals surface area contributed by atoms with E-state index in [4.69, 9.17) is 0 Å². The number of nitrogens with one attached hydrogen (secondary N) is 2. The van der Waals surface area contributed by atoms with Crippen LogP contribution in [-0.2, 0) is 0 Å². The van der Waals surface area contributed by atoms with E-state index in [1.807, 2.05) is 0 Å². The lowest BCUT2D eigenvalue weighted by atomic mass is 9.62. The van der Waals surface area contributed by atoms with E-state index >= 15 is 0 Å². The minimum atomic E-state index is 0.555. The number of likely N-dealkylation sites (tertiary alicyclic amines) is 2. The van der Waals surface area contributed by atoms with Gasteiger partial charge in [-0.25, -0.2) is 0 Å². The fraction of sp³-hybridized carbons (Fsp3) is 0.929. The summed E-state index contributed by atoms with van der Waals surface area (Å²) in [4.78, 5) is 6.48. The van der Waals surface area contributed by atoms with Crippen LogP contribution in [0.15, 0.2) is 24.3 Å². The van der Waals surface area contributed by atoms with Crippen LogP contribution in [0.4, 0.5) is 0 Å². The van der Waals surface area contributed by atoms with E-state index in [0.29, 0.717) is 18.2 Å². The Kier molecular flexibility index (Phi) is 12.2. The first-order chi connectivity index (χ1) is 29.7. The average Bonchev–Trinajstić information content (AvgIpc) is 3.84. The molecule has 2 N–H and O–H groups in total. The first-order valence-electron chi connectivity index (χ1n) is 28.2. The Morgan fingerprint density at radius 1 is 0.383 bits per heavy atom. The summed E-state index contributed by atoms with van der Waals surface area (Å²) >= 11 is 0. The van der Waals surface area contributed by atoms with Crippen molar-refractivity contribution in [2.75, 3.05) is 0 Å². The van der Waals surface area contributed by atoms with Crippen molar-refractivity contribution in [3.63, 3.8) is 0 Å². The summed E-state index contributed by atoms with van der Waals surface area (Å²) in [6, 6.07) is 6.77. The van der Waals surface area contributed by atoms with Crippen molar-refractivity contribution in [2.24, 2.45) is 65.1 Å². The fourth-order valence-electron chi connectivity index (χ4n) is 19.4. The lowest BCUT2D eigenvalue weighted by molar-refractivity contribution is 0.0252.